The Bertz CT molecular complexity index is 1020. The van der Waals surface area contributed by atoms with Gasteiger partial charge in [-0.15, -0.1) is 11.8 Å². The maximum Gasteiger partial charge on any atom is 0.243 e. The summed E-state index contributed by atoms with van der Waals surface area (Å²) in [4.78, 5) is 12.5. The van der Waals surface area contributed by atoms with Gasteiger partial charge in [-0.05, 0) is 43.2 Å². The lowest BCUT2D eigenvalue weighted by molar-refractivity contribution is -0.113. The number of halogens is 1. The minimum absolute atomic E-state index is 0.104. The Balaban J connectivity index is 1.63. The molecule has 1 saturated heterocycles. The summed E-state index contributed by atoms with van der Waals surface area (Å²) in [6, 6.07) is 10.6. The van der Waals surface area contributed by atoms with Crippen molar-refractivity contribution in [1.29, 1.82) is 0 Å². The van der Waals surface area contributed by atoms with E-state index in [0.717, 1.165) is 5.75 Å². The van der Waals surface area contributed by atoms with E-state index in [2.05, 4.69) is 30.4 Å². The summed E-state index contributed by atoms with van der Waals surface area (Å²) in [5.74, 6) is 0.734. The first-order valence-corrected chi connectivity index (χ1v) is 12.6. The van der Waals surface area contributed by atoms with Crippen LogP contribution in [0.2, 0.25) is 5.02 Å². The van der Waals surface area contributed by atoms with E-state index in [1.165, 1.54) is 51.0 Å². The van der Waals surface area contributed by atoms with E-state index in [1.54, 1.807) is 0 Å². The molecule has 0 aromatic heterocycles. The molecule has 162 valence electrons. The number of nitrogens with zero attached hydrogens (tertiary/aromatic N) is 1. The van der Waals surface area contributed by atoms with Gasteiger partial charge in [0, 0.05) is 18.8 Å². The van der Waals surface area contributed by atoms with E-state index < -0.39 is 10.0 Å². The van der Waals surface area contributed by atoms with Gasteiger partial charge in [0.1, 0.15) is 0 Å². The van der Waals surface area contributed by atoms with Crippen LogP contribution in [0.25, 0.3) is 0 Å². The third-order valence-electron chi connectivity index (χ3n) is 4.82. The number of aryl methyl sites for hydroxylation is 2. The van der Waals surface area contributed by atoms with Gasteiger partial charge in [-0.25, -0.2) is 8.42 Å². The minimum atomic E-state index is -3.66. The average Bonchev–Trinajstić information content (AvgIpc) is 2.72. The van der Waals surface area contributed by atoms with Crippen molar-refractivity contribution in [2.24, 2.45) is 0 Å². The minimum Gasteiger partial charge on any atom is -0.379 e. The highest BCUT2D eigenvalue weighted by atomic mass is 35.5. The summed E-state index contributed by atoms with van der Waals surface area (Å²) in [6.45, 7) is 5.45. The second-order valence-electron chi connectivity index (χ2n) is 7.13. The Kier molecular flexibility index (Phi) is 7.81. The lowest BCUT2D eigenvalue weighted by Gasteiger charge is -2.26. The van der Waals surface area contributed by atoms with Crippen molar-refractivity contribution in [3.8, 4) is 0 Å². The highest BCUT2D eigenvalue weighted by Gasteiger charge is 2.27. The monoisotopic (exact) mass is 468 g/mol. The highest BCUT2D eigenvalue weighted by molar-refractivity contribution is 7.99. The van der Waals surface area contributed by atoms with Crippen LogP contribution in [0.4, 0.5) is 5.69 Å². The van der Waals surface area contributed by atoms with Gasteiger partial charge in [-0.2, -0.15) is 4.31 Å². The lowest BCUT2D eigenvalue weighted by atomic mass is 10.1. The molecule has 30 heavy (non-hydrogen) atoms. The van der Waals surface area contributed by atoms with Crippen molar-refractivity contribution in [3.05, 3.63) is 58.1 Å². The van der Waals surface area contributed by atoms with Crippen LogP contribution in [0.15, 0.2) is 41.3 Å². The van der Waals surface area contributed by atoms with Gasteiger partial charge in [0.25, 0.3) is 0 Å². The Hall–Kier alpha value is -1.58. The van der Waals surface area contributed by atoms with Crippen molar-refractivity contribution >= 4 is 45.0 Å². The molecule has 1 aliphatic rings. The van der Waals surface area contributed by atoms with Crippen LogP contribution < -0.4 is 5.32 Å². The van der Waals surface area contributed by atoms with Crippen molar-refractivity contribution in [3.63, 3.8) is 0 Å². The zero-order chi connectivity index (χ0) is 21.7. The molecule has 6 nitrogen and oxygen atoms in total. The summed E-state index contributed by atoms with van der Waals surface area (Å²) >= 11 is 7.69. The molecule has 3 rings (SSSR count). The number of hydrogen-bond acceptors (Lipinski definition) is 5. The summed E-state index contributed by atoms with van der Waals surface area (Å²) < 4.78 is 32.3. The number of thioether (sulfide) groups is 1. The maximum atomic E-state index is 12.8. The fourth-order valence-electron chi connectivity index (χ4n) is 3.09. The van der Waals surface area contributed by atoms with Gasteiger partial charge in [-0.3, -0.25) is 4.79 Å². The molecule has 0 spiro atoms. The first kappa shape index (κ1) is 23.1. The Morgan fingerprint density at radius 1 is 1.17 bits per heavy atom. The van der Waals surface area contributed by atoms with Crippen LogP contribution in [0.3, 0.4) is 0 Å². The van der Waals surface area contributed by atoms with E-state index in [4.69, 9.17) is 16.3 Å². The number of benzene rings is 2. The van der Waals surface area contributed by atoms with Gasteiger partial charge in [0.2, 0.25) is 15.9 Å². The van der Waals surface area contributed by atoms with Crippen LogP contribution in [-0.4, -0.2) is 50.7 Å². The molecule has 1 N–H and O–H groups in total. The van der Waals surface area contributed by atoms with Crippen molar-refractivity contribution in [1.82, 2.24) is 4.31 Å². The SMILES string of the molecule is Cc1ccc(C)c(CSCC(=O)Nc2cc(S(=O)(=O)N3CCOCC3)ccc2Cl)c1. The zero-order valence-corrected chi connectivity index (χ0v) is 19.4. The molecule has 2 aromatic carbocycles. The number of sulfonamides is 1. The Morgan fingerprint density at radius 2 is 1.90 bits per heavy atom. The molecular weight excluding hydrogens is 444 g/mol. The van der Waals surface area contributed by atoms with E-state index >= 15 is 0 Å². The van der Waals surface area contributed by atoms with Crippen LogP contribution in [0.1, 0.15) is 16.7 Å². The van der Waals surface area contributed by atoms with Gasteiger partial charge in [0.05, 0.1) is 34.6 Å². The maximum absolute atomic E-state index is 12.8. The lowest BCUT2D eigenvalue weighted by Crippen LogP contribution is -2.40. The summed E-state index contributed by atoms with van der Waals surface area (Å²) in [5.41, 5.74) is 3.87. The number of rotatable bonds is 7. The normalized spacial score (nSPS) is 15.2. The zero-order valence-electron chi connectivity index (χ0n) is 17.0. The Morgan fingerprint density at radius 3 is 2.63 bits per heavy atom. The van der Waals surface area contributed by atoms with Crippen molar-refractivity contribution in [2.45, 2.75) is 24.5 Å². The fourth-order valence-corrected chi connectivity index (χ4v) is 5.58. The molecule has 1 aliphatic heterocycles. The number of carbonyl (C=O) groups is 1. The molecule has 0 radical (unpaired) electrons. The number of amides is 1. The molecule has 1 fully saturated rings. The fraction of sp³-hybridized carbons (Fsp3) is 0.381. The van der Waals surface area contributed by atoms with Crippen LogP contribution in [-0.2, 0) is 25.3 Å². The standard InChI is InChI=1S/C21H25ClN2O4S2/c1-15-3-4-16(2)17(11-15)13-29-14-21(25)23-20-12-18(5-6-19(20)22)30(26,27)24-7-9-28-10-8-24/h3-6,11-12H,7-10,13-14H2,1-2H3,(H,23,25). The first-order chi connectivity index (χ1) is 14.3. The van der Waals surface area contributed by atoms with Crippen LogP contribution >= 0.6 is 23.4 Å². The number of morpholine rings is 1. The predicted molar refractivity (Wildman–Crippen MR) is 122 cm³/mol. The second kappa shape index (κ2) is 10.2. The molecule has 0 unspecified atom stereocenters. The van der Waals surface area contributed by atoms with E-state index in [-0.39, 0.29) is 16.6 Å². The molecule has 0 bridgehead atoms. The van der Waals surface area contributed by atoms with E-state index in [1.807, 2.05) is 6.92 Å². The van der Waals surface area contributed by atoms with Crippen molar-refractivity contribution in [2.75, 3.05) is 37.4 Å². The number of carbonyl (C=O) groups excluding carboxylic acids is 1. The largest absolute Gasteiger partial charge is 0.379 e. The molecular formula is C21H25ClN2O4S2. The average molecular weight is 469 g/mol. The predicted octanol–water partition coefficient (Wildman–Crippen LogP) is 3.85. The molecule has 9 heteroatoms. The first-order valence-electron chi connectivity index (χ1n) is 9.58. The second-order valence-corrected chi connectivity index (χ2v) is 10.5. The molecule has 1 heterocycles. The third kappa shape index (κ3) is 5.76. The van der Waals surface area contributed by atoms with Gasteiger partial charge in [-0.1, -0.05) is 35.4 Å². The number of anilines is 1. The molecule has 2 aromatic rings. The van der Waals surface area contributed by atoms with Gasteiger partial charge in [0.15, 0.2) is 0 Å². The smallest absolute Gasteiger partial charge is 0.243 e. The molecule has 0 atom stereocenters. The number of nitrogens with one attached hydrogen (secondary N) is 1. The summed E-state index contributed by atoms with van der Waals surface area (Å²) in [7, 11) is -3.66. The topological polar surface area (TPSA) is 75.7 Å². The highest BCUT2D eigenvalue weighted by Crippen LogP contribution is 2.28. The number of hydrogen-bond donors (Lipinski definition) is 1. The quantitative estimate of drug-likeness (QED) is 0.668. The van der Waals surface area contributed by atoms with Crippen LogP contribution in [0, 0.1) is 13.8 Å². The van der Waals surface area contributed by atoms with Crippen LogP contribution in [0.5, 0.6) is 0 Å². The number of ether oxygens (including phenoxy) is 1. The van der Waals surface area contributed by atoms with E-state index in [9.17, 15) is 13.2 Å². The molecule has 1 amide bonds. The molecule has 0 aliphatic carbocycles. The van der Waals surface area contributed by atoms with E-state index in [0.29, 0.717) is 37.0 Å². The van der Waals surface area contributed by atoms with Gasteiger partial charge >= 0.3 is 0 Å². The van der Waals surface area contributed by atoms with Crippen molar-refractivity contribution < 1.29 is 17.9 Å². The molecule has 0 saturated carbocycles. The summed E-state index contributed by atoms with van der Waals surface area (Å²) in [6.07, 6.45) is 0. The Labute approximate surface area is 187 Å². The third-order valence-corrected chi connectivity index (χ3v) is 8.02. The van der Waals surface area contributed by atoms with Gasteiger partial charge < -0.3 is 10.1 Å². The summed E-state index contributed by atoms with van der Waals surface area (Å²) in [5, 5.41) is 3.03.